The van der Waals surface area contributed by atoms with Crippen LogP contribution in [0.4, 0.5) is 0 Å². The summed E-state index contributed by atoms with van der Waals surface area (Å²) in [6.45, 7) is 1.57. The van der Waals surface area contributed by atoms with Crippen LogP contribution in [0.5, 0.6) is 0 Å². The Hall–Kier alpha value is -3.03. The molecule has 1 saturated heterocycles. The first-order chi connectivity index (χ1) is 15.1. The van der Waals surface area contributed by atoms with E-state index in [1.807, 2.05) is 36.4 Å². The Labute approximate surface area is 182 Å². The molecule has 2 aromatic rings. The lowest BCUT2D eigenvalue weighted by Crippen LogP contribution is -2.52. The molecule has 0 aliphatic carbocycles. The summed E-state index contributed by atoms with van der Waals surface area (Å²) in [6.07, 6.45) is 2.44. The third-order valence-corrected chi connectivity index (χ3v) is 6.08. The number of fused-ring (bicyclic) bond motifs is 1. The SMILES string of the molecule is NCCCC(NCc1cccc2c1C(=O)N(C1CCC(=O)NC1=O)C2)c1ccccc1. The van der Waals surface area contributed by atoms with Crippen LogP contribution in [0.2, 0.25) is 0 Å². The van der Waals surface area contributed by atoms with E-state index in [2.05, 4.69) is 22.8 Å². The maximum atomic E-state index is 13.2. The van der Waals surface area contributed by atoms with Crippen LogP contribution >= 0.6 is 0 Å². The van der Waals surface area contributed by atoms with E-state index in [9.17, 15) is 14.4 Å². The molecule has 3 amide bonds. The number of nitrogens with one attached hydrogen (secondary N) is 2. The minimum Gasteiger partial charge on any atom is -0.330 e. The van der Waals surface area contributed by atoms with Crippen molar-refractivity contribution < 1.29 is 14.4 Å². The summed E-state index contributed by atoms with van der Waals surface area (Å²) in [5.74, 6) is -0.803. The summed E-state index contributed by atoms with van der Waals surface area (Å²) in [5, 5.41) is 5.95. The van der Waals surface area contributed by atoms with E-state index >= 15 is 0 Å². The second-order valence-corrected chi connectivity index (χ2v) is 8.13. The number of rotatable bonds is 8. The number of hydrogen-bond acceptors (Lipinski definition) is 5. The predicted molar refractivity (Wildman–Crippen MR) is 117 cm³/mol. The Bertz CT molecular complexity index is 976. The fraction of sp³-hybridized carbons (Fsp3) is 0.375. The minimum atomic E-state index is -0.597. The van der Waals surface area contributed by atoms with Gasteiger partial charge in [-0.3, -0.25) is 19.7 Å². The van der Waals surface area contributed by atoms with Gasteiger partial charge in [0.2, 0.25) is 11.8 Å². The van der Waals surface area contributed by atoms with Crippen molar-refractivity contribution in [2.45, 2.75) is 50.9 Å². The van der Waals surface area contributed by atoms with Crippen molar-refractivity contribution in [3.05, 3.63) is 70.8 Å². The molecule has 4 N–H and O–H groups in total. The maximum absolute atomic E-state index is 13.2. The summed E-state index contributed by atoms with van der Waals surface area (Å²) in [6, 6.07) is 15.6. The number of carbonyl (C=O) groups is 3. The summed E-state index contributed by atoms with van der Waals surface area (Å²) in [5.41, 5.74) is 9.44. The van der Waals surface area contributed by atoms with Gasteiger partial charge in [0.05, 0.1) is 0 Å². The molecule has 162 valence electrons. The van der Waals surface area contributed by atoms with Crippen molar-refractivity contribution in [3.63, 3.8) is 0 Å². The zero-order valence-corrected chi connectivity index (χ0v) is 17.5. The van der Waals surface area contributed by atoms with Crippen molar-refractivity contribution >= 4 is 17.7 Å². The van der Waals surface area contributed by atoms with E-state index in [-0.39, 0.29) is 30.2 Å². The fourth-order valence-electron chi connectivity index (χ4n) is 4.46. The number of imide groups is 1. The molecule has 2 unspecified atom stereocenters. The van der Waals surface area contributed by atoms with Gasteiger partial charge in [0.15, 0.2) is 0 Å². The zero-order chi connectivity index (χ0) is 21.8. The van der Waals surface area contributed by atoms with Gasteiger partial charge >= 0.3 is 0 Å². The lowest BCUT2D eigenvalue weighted by Gasteiger charge is -2.29. The van der Waals surface area contributed by atoms with Gasteiger partial charge in [0.1, 0.15) is 6.04 Å². The topological polar surface area (TPSA) is 105 Å². The molecule has 2 atom stereocenters. The van der Waals surface area contributed by atoms with Gasteiger partial charge in [0.25, 0.3) is 5.91 Å². The molecule has 0 radical (unpaired) electrons. The number of hydrogen-bond donors (Lipinski definition) is 3. The van der Waals surface area contributed by atoms with E-state index in [1.54, 1.807) is 4.90 Å². The highest BCUT2D eigenvalue weighted by Gasteiger charge is 2.39. The summed E-state index contributed by atoms with van der Waals surface area (Å²) < 4.78 is 0. The number of nitrogens with zero attached hydrogens (tertiary/aromatic N) is 1. The molecule has 2 aliphatic heterocycles. The molecule has 1 fully saturated rings. The number of piperidine rings is 1. The summed E-state index contributed by atoms with van der Waals surface area (Å²) in [4.78, 5) is 38.6. The van der Waals surface area contributed by atoms with Gasteiger partial charge < -0.3 is 16.0 Å². The highest BCUT2D eigenvalue weighted by molar-refractivity contribution is 6.05. The maximum Gasteiger partial charge on any atom is 0.255 e. The molecule has 4 rings (SSSR count). The van der Waals surface area contributed by atoms with Crippen molar-refractivity contribution in [2.24, 2.45) is 5.73 Å². The first-order valence-electron chi connectivity index (χ1n) is 10.8. The molecule has 0 saturated carbocycles. The van der Waals surface area contributed by atoms with Gasteiger partial charge in [-0.2, -0.15) is 0 Å². The van der Waals surface area contributed by atoms with Crippen LogP contribution in [0.3, 0.4) is 0 Å². The lowest BCUT2D eigenvalue weighted by atomic mass is 9.99. The largest absolute Gasteiger partial charge is 0.330 e. The van der Waals surface area contributed by atoms with Crippen LogP contribution in [0.15, 0.2) is 48.5 Å². The van der Waals surface area contributed by atoms with E-state index < -0.39 is 6.04 Å². The Balaban J connectivity index is 1.51. The standard InChI is InChI=1S/C24H28N4O3/c25-13-5-10-19(16-6-2-1-3-7-16)26-14-17-8-4-9-18-15-28(24(31)22(17)18)20-11-12-21(29)27-23(20)30/h1-4,6-9,19-20,26H,5,10-15,25H2,(H,27,29,30). The molecular weight excluding hydrogens is 392 g/mol. The van der Waals surface area contributed by atoms with E-state index in [0.29, 0.717) is 31.6 Å². The van der Waals surface area contributed by atoms with Gasteiger partial charge in [-0.25, -0.2) is 0 Å². The van der Waals surface area contributed by atoms with Crippen molar-refractivity contribution in [1.82, 2.24) is 15.5 Å². The highest BCUT2D eigenvalue weighted by atomic mass is 16.2. The number of amides is 3. The molecule has 7 heteroatoms. The molecule has 2 heterocycles. The van der Waals surface area contributed by atoms with Gasteiger partial charge in [-0.05, 0) is 42.5 Å². The molecule has 0 aromatic heterocycles. The molecule has 7 nitrogen and oxygen atoms in total. The van der Waals surface area contributed by atoms with Crippen LogP contribution in [0.1, 0.15) is 58.8 Å². The van der Waals surface area contributed by atoms with E-state index in [1.165, 1.54) is 5.56 Å². The molecule has 0 bridgehead atoms. The third kappa shape index (κ3) is 4.52. The Morgan fingerprint density at radius 1 is 1.10 bits per heavy atom. The first-order valence-corrected chi connectivity index (χ1v) is 10.8. The minimum absolute atomic E-state index is 0.139. The summed E-state index contributed by atoms with van der Waals surface area (Å²) >= 11 is 0. The first kappa shape index (κ1) is 21.2. The van der Waals surface area contributed by atoms with Crippen molar-refractivity contribution in [1.29, 1.82) is 0 Å². The second kappa shape index (κ2) is 9.41. The van der Waals surface area contributed by atoms with Crippen LogP contribution in [-0.2, 0) is 22.7 Å². The summed E-state index contributed by atoms with van der Waals surface area (Å²) in [7, 11) is 0. The normalized spacial score (nSPS) is 19.3. The molecule has 2 aliphatic rings. The number of nitrogens with two attached hydrogens (primary N) is 1. The Kier molecular flexibility index (Phi) is 6.44. The predicted octanol–water partition coefficient (Wildman–Crippen LogP) is 2.02. The average molecular weight is 421 g/mol. The quantitative estimate of drug-likeness (QED) is 0.567. The van der Waals surface area contributed by atoms with E-state index in [0.717, 1.165) is 24.0 Å². The molecule has 2 aromatic carbocycles. The zero-order valence-electron chi connectivity index (χ0n) is 17.5. The monoisotopic (exact) mass is 420 g/mol. The number of carbonyl (C=O) groups excluding carboxylic acids is 3. The lowest BCUT2D eigenvalue weighted by molar-refractivity contribution is -0.136. The average Bonchev–Trinajstić information content (AvgIpc) is 3.11. The highest BCUT2D eigenvalue weighted by Crippen LogP contribution is 2.30. The van der Waals surface area contributed by atoms with E-state index in [4.69, 9.17) is 5.73 Å². The third-order valence-electron chi connectivity index (χ3n) is 6.08. The van der Waals surface area contributed by atoms with Crippen molar-refractivity contribution in [2.75, 3.05) is 6.54 Å². The van der Waals surface area contributed by atoms with Crippen LogP contribution in [0, 0.1) is 0 Å². The van der Waals surface area contributed by atoms with Crippen LogP contribution < -0.4 is 16.4 Å². The van der Waals surface area contributed by atoms with Gasteiger partial charge in [-0.15, -0.1) is 0 Å². The van der Waals surface area contributed by atoms with Gasteiger partial charge in [-0.1, -0.05) is 48.5 Å². The fourth-order valence-corrected chi connectivity index (χ4v) is 4.46. The molecular formula is C24H28N4O3. The smallest absolute Gasteiger partial charge is 0.255 e. The van der Waals surface area contributed by atoms with Crippen LogP contribution in [-0.4, -0.2) is 35.2 Å². The number of benzene rings is 2. The molecule has 0 spiro atoms. The van der Waals surface area contributed by atoms with Crippen LogP contribution in [0.25, 0.3) is 0 Å². The Morgan fingerprint density at radius 3 is 2.65 bits per heavy atom. The Morgan fingerprint density at radius 2 is 1.90 bits per heavy atom. The van der Waals surface area contributed by atoms with Gasteiger partial charge in [0, 0.05) is 31.1 Å². The molecule has 31 heavy (non-hydrogen) atoms. The van der Waals surface area contributed by atoms with Crippen molar-refractivity contribution in [3.8, 4) is 0 Å². The second-order valence-electron chi connectivity index (χ2n) is 8.13.